The molecule has 2 aromatic rings. The summed E-state index contributed by atoms with van der Waals surface area (Å²) in [6.07, 6.45) is 0. The molecule has 0 amide bonds. The maximum absolute atomic E-state index is 13.7. The molecule has 0 bridgehead atoms. The molecular formula is C15H12BrCl2FO2. The smallest absolute Gasteiger partial charge is 0.175 e. The largest absolute Gasteiger partial charge is 0.493 e. The molecule has 0 heterocycles. The Morgan fingerprint density at radius 2 is 2.05 bits per heavy atom. The molecule has 0 aromatic heterocycles. The fourth-order valence-electron chi connectivity index (χ4n) is 1.81. The van der Waals surface area contributed by atoms with Gasteiger partial charge in [-0.05, 0) is 45.8 Å². The van der Waals surface area contributed by atoms with E-state index in [1.165, 1.54) is 13.2 Å². The minimum Gasteiger partial charge on any atom is -0.493 e. The average Bonchev–Trinajstić information content (AvgIpc) is 2.47. The zero-order chi connectivity index (χ0) is 15.4. The summed E-state index contributed by atoms with van der Waals surface area (Å²) in [5.41, 5.74) is 1.19. The quantitative estimate of drug-likeness (QED) is 0.618. The van der Waals surface area contributed by atoms with Crippen molar-refractivity contribution in [3.63, 3.8) is 0 Å². The normalized spacial score (nSPS) is 10.5. The average molecular weight is 394 g/mol. The molecule has 0 aliphatic rings. The highest BCUT2D eigenvalue weighted by Crippen LogP contribution is 2.38. The summed E-state index contributed by atoms with van der Waals surface area (Å²) in [7, 11) is 1.53. The molecule has 0 saturated carbocycles. The van der Waals surface area contributed by atoms with Gasteiger partial charge in [0, 0.05) is 11.4 Å². The summed E-state index contributed by atoms with van der Waals surface area (Å²) in [6, 6.07) is 8.11. The molecule has 2 aromatic carbocycles. The van der Waals surface area contributed by atoms with Crippen LogP contribution in [0.25, 0.3) is 0 Å². The molecule has 0 aliphatic carbocycles. The Morgan fingerprint density at radius 3 is 2.67 bits per heavy atom. The number of hydrogen-bond donors (Lipinski definition) is 0. The monoisotopic (exact) mass is 392 g/mol. The first-order valence-corrected chi connectivity index (χ1v) is 7.75. The lowest BCUT2D eigenvalue weighted by atomic mass is 10.2. The molecule has 0 aliphatic heterocycles. The maximum atomic E-state index is 13.7. The molecule has 2 nitrogen and oxygen atoms in total. The lowest BCUT2D eigenvalue weighted by molar-refractivity contribution is 0.278. The van der Waals surface area contributed by atoms with Gasteiger partial charge in [-0.3, -0.25) is 0 Å². The van der Waals surface area contributed by atoms with Gasteiger partial charge in [0.15, 0.2) is 11.5 Å². The van der Waals surface area contributed by atoms with Crippen molar-refractivity contribution in [3.8, 4) is 11.5 Å². The van der Waals surface area contributed by atoms with E-state index in [-0.39, 0.29) is 6.61 Å². The third kappa shape index (κ3) is 3.82. The summed E-state index contributed by atoms with van der Waals surface area (Å²) in [6.45, 7) is 0.000683. The molecule has 21 heavy (non-hydrogen) atoms. The number of halogens is 4. The van der Waals surface area contributed by atoms with Crippen LogP contribution in [0.2, 0.25) is 5.02 Å². The van der Waals surface area contributed by atoms with Crippen LogP contribution in [-0.2, 0) is 12.5 Å². The summed E-state index contributed by atoms with van der Waals surface area (Å²) in [4.78, 5) is 0. The van der Waals surface area contributed by atoms with Crippen LogP contribution in [-0.4, -0.2) is 7.11 Å². The van der Waals surface area contributed by atoms with Gasteiger partial charge in [0.1, 0.15) is 12.4 Å². The van der Waals surface area contributed by atoms with Gasteiger partial charge >= 0.3 is 0 Å². The second-order valence-corrected chi connectivity index (χ2v) is 5.76. The lowest BCUT2D eigenvalue weighted by Gasteiger charge is -2.14. The highest BCUT2D eigenvalue weighted by Gasteiger charge is 2.14. The van der Waals surface area contributed by atoms with Crippen LogP contribution < -0.4 is 9.47 Å². The number of rotatable bonds is 5. The summed E-state index contributed by atoms with van der Waals surface area (Å²) >= 11 is 15.2. The lowest BCUT2D eigenvalue weighted by Crippen LogP contribution is -2.02. The van der Waals surface area contributed by atoms with Crippen LogP contribution in [0.3, 0.4) is 0 Å². The van der Waals surface area contributed by atoms with Crippen molar-refractivity contribution in [2.75, 3.05) is 7.11 Å². The molecule has 0 saturated heterocycles. The van der Waals surface area contributed by atoms with Gasteiger partial charge in [0.25, 0.3) is 0 Å². The minimum absolute atomic E-state index is 0.000683. The predicted molar refractivity (Wildman–Crippen MR) is 86.0 cm³/mol. The van der Waals surface area contributed by atoms with E-state index in [0.29, 0.717) is 32.4 Å². The molecule has 6 heteroatoms. The fraction of sp³-hybridized carbons (Fsp3) is 0.200. The first kappa shape index (κ1) is 16.4. The van der Waals surface area contributed by atoms with E-state index in [1.807, 2.05) is 6.07 Å². The van der Waals surface area contributed by atoms with Gasteiger partial charge in [0.05, 0.1) is 16.6 Å². The Labute approximate surface area is 140 Å². The van der Waals surface area contributed by atoms with Crippen molar-refractivity contribution in [2.45, 2.75) is 12.5 Å². The highest BCUT2D eigenvalue weighted by atomic mass is 79.9. The third-order valence-electron chi connectivity index (χ3n) is 2.87. The Hall–Kier alpha value is -0.970. The van der Waals surface area contributed by atoms with Crippen LogP contribution in [0, 0.1) is 5.82 Å². The second kappa shape index (κ2) is 7.34. The van der Waals surface area contributed by atoms with E-state index in [0.717, 1.165) is 5.56 Å². The topological polar surface area (TPSA) is 18.5 Å². The van der Waals surface area contributed by atoms with Gasteiger partial charge in [-0.25, -0.2) is 4.39 Å². The SMILES string of the molecule is COc1cc(CCl)cc(Br)c1OCc1c(F)cccc1Cl. The fourth-order valence-corrected chi connectivity index (χ4v) is 2.78. The Kier molecular flexibility index (Phi) is 5.73. The summed E-state index contributed by atoms with van der Waals surface area (Å²) in [5.74, 6) is 0.946. The number of hydrogen-bond acceptors (Lipinski definition) is 2. The molecule has 0 atom stereocenters. The number of methoxy groups -OCH3 is 1. The van der Waals surface area contributed by atoms with E-state index < -0.39 is 5.82 Å². The summed E-state index contributed by atoms with van der Waals surface area (Å²) in [5, 5.41) is 0.322. The third-order valence-corrected chi connectivity index (χ3v) is 4.12. The van der Waals surface area contributed by atoms with Crippen LogP contribution in [0.5, 0.6) is 11.5 Å². The van der Waals surface area contributed by atoms with Crippen LogP contribution in [0.1, 0.15) is 11.1 Å². The number of alkyl halides is 1. The van der Waals surface area contributed by atoms with Gasteiger partial charge in [0.2, 0.25) is 0 Å². The molecule has 0 spiro atoms. The standard InChI is InChI=1S/C15H12BrCl2FO2/c1-20-14-6-9(7-17)5-11(16)15(14)21-8-10-12(18)3-2-4-13(10)19/h2-6H,7-8H2,1H3. The van der Waals surface area contributed by atoms with E-state index >= 15 is 0 Å². The number of benzene rings is 2. The van der Waals surface area contributed by atoms with Crippen molar-refractivity contribution >= 4 is 39.1 Å². The van der Waals surface area contributed by atoms with Crippen molar-refractivity contribution in [3.05, 3.63) is 56.8 Å². The zero-order valence-corrected chi connectivity index (χ0v) is 14.2. The first-order chi connectivity index (χ1) is 10.1. The molecule has 112 valence electrons. The van der Waals surface area contributed by atoms with Crippen molar-refractivity contribution in [1.82, 2.24) is 0 Å². The van der Waals surface area contributed by atoms with Crippen LogP contribution >= 0.6 is 39.1 Å². The predicted octanol–water partition coefficient (Wildman–Crippen LogP) is 5.57. The van der Waals surface area contributed by atoms with E-state index in [9.17, 15) is 4.39 Å². The van der Waals surface area contributed by atoms with Crippen molar-refractivity contribution in [2.24, 2.45) is 0 Å². The van der Waals surface area contributed by atoms with Gasteiger partial charge in [-0.15, -0.1) is 11.6 Å². The van der Waals surface area contributed by atoms with Crippen LogP contribution in [0.15, 0.2) is 34.8 Å². The highest BCUT2D eigenvalue weighted by molar-refractivity contribution is 9.10. The first-order valence-electron chi connectivity index (χ1n) is 6.05. The molecule has 0 N–H and O–H groups in total. The van der Waals surface area contributed by atoms with Gasteiger partial charge < -0.3 is 9.47 Å². The Morgan fingerprint density at radius 1 is 1.29 bits per heavy atom. The molecular weight excluding hydrogens is 382 g/mol. The molecule has 0 unspecified atom stereocenters. The van der Waals surface area contributed by atoms with E-state index in [2.05, 4.69) is 15.9 Å². The maximum Gasteiger partial charge on any atom is 0.175 e. The van der Waals surface area contributed by atoms with E-state index in [4.69, 9.17) is 32.7 Å². The minimum atomic E-state index is -0.407. The van der Waals surface area contributed by atoms with Gasteiger partial charge in [-0.1, -0.05) is 17.7 Å². The molecule has 0 radical (unpaired) electrons. The zero-order valence-electron chi connectivity index (χ0n) is 11.1. The Balaban J connectivity index is 2.28. The Bertz CT molecular complexity index is 630. The molecule has 2 rings (SSSR count). The summed E-state index contributed by atoms with van der Waals surface area (Å²) < 4.78 is 25.4. The van der Waals surface area contributed by atoms with Crippen LogP contribution in [0.4, 0.5) is 4.39 Å². The van der Waals surface area contributed by atoms with Crippen molar-refractivity contribution < 1.29 is 13.9 Å². The van der Waals surface area contributed by atoms with E-state index in [1.54, 1.807) is 18.2 Å². The van der Waals surface area contributed by atoms with Gasteiger partial charge in [-0.2, -0.15) is 0 Å². The van der Waals surface area contributed by atoms with Crippen molar-refractivity contribution in [1.29, 1.82) is 0 Å². The molecule has 0 fully saturated rings. The second-order valence-electron chi connectivity index (χ2n) is 4.23. The number of ether oxygens (including phenoxy) is 2.